The molecule has 29 heavy (non-hydrogen) atoms. The number of nitrogens with one attached hydrogen (secondary N) is 1. The van der Waals surface area contributed by atoms with E-state index in [0.29, 0.717) is 25.6 Å². The average molecular weight is 405 g/mol. The molecule has 1 heterocycles. The maximum atomic E-state index is 12.8. The van der Waals surface area contributed by atoms with Crippen LogP contribution >= 0.6 is 0 Å². The lowest BCUT2D eigenvalue weighted by atomic mass is 9.93. The third-order valence-corrected chi connectivity index (χ3v) is 5.48. The number of carbonyl (C=O) groups is 1. The highest BCUT2D eigenvalue weighted by molar-refractivity contribution is 5.97. The van der Waals surface area contributed by atoms with Gasteiger partial charge in [0.15, 0.2) is 0 Å². The number of benzene rings is 1. The molecule has 5 nitrogen and oxygen atoms in total. The van der Waals surface area contributed by atoms with E-state index in [1.807, 2.05) is 38.1 Å². The van der Waals surface area contributed by atoms with Crippen LogP contribution in [0.1, 0.15) is 60.3 Å². The molecular formula is C24H40N2O3. The Morgan fingerprint density at radius 3 is 2.66 bits per heavy atom. The highest BCUT2D eigenvalue weighted by Crippen LogP contribution is 2.24. The van der Waals surface area contributed by atoms with Crippen molar-refractivity contribution in [2.75, 3.05) is 38.2 Å². The van der Waals surface area contributed by atoms with Gasteiger partial charge in [-0.05, 0) is 82.2 Å². The molecule has 0 radical (unpaired) electrons. The Morgan fingerprint density at radius 2 is 2.03 bits per heavy atom. The second kappa shape index (κ2) is 11.6. The van der Waals surface area contributed by atoms with E-state index in [0.717, 1.165) is 30.3 Å². The van der Waals surface area contributed by atoms with Crippen LogP contribution in [0.25, 0.3) is 0 Å². The number of carbonyl (C=O) groups excluding carboxylic acids is 1. The summed E-state index contributed by atoms with van der Waals surface area (Å²) in [5.41, 5.74) is -0.0522. The van der Waals surface area contributed by atoms with Crippen molar-refractivity contribution in [2.45, 2.75) is 65.9 Å². The molecule has 1 aliphatic heterocycles. The molecule has 164 valence electrons. The molecular weight excluding hydrogens is 364 g/mol. The van der Waals surface area contributed by atoms with Crippen molar-refractivity contribution in [1.29, 1.82) is 0 Å². The summed E-state index contributed by atoms with van der Waals surface area (Å²) in [5.74, 6) is 1.93. The maximum absolute atomic E-state index is 12.8. The van der Waals surface area contributed by atoms with E-state index < -0.39 is 5.60 Å². The quantitative estimate of drug-likeness (QED) is 0.529. The summed E-state index contributed by atoms with van der Waals surface area (Å²) in [4.78, 5) is 15.3. The first-order valence-electron chi connectivity index (χ1n) is 11.2. The number of hydrogen-bond donors (Lipinski definition) is 1. The number of ether oxygens (including phenoxy) is 2. The van der Waals surface area contributed by atoms with E-state index >= 15 is 0 Å². The van der Waals surface area contributed by atoms with Crippen molar-refractivity contribution in [1.82, 2.24) is 4.90 Å². The monoisotopic (exact) mass is 404 g/mol. The Balaban J connectivity index is 1.78. The Morgan fingerprint density at radius 1 is 1.31 bits per heavy atom. The number of piperidine rings is 1. The smallest absolute Gasteiger partial charge is 0.256 e. The van der Waals surface area contributed by atoms with E-state index in [9.17, 15) is 4.79 Å². The zero-order chi connectivity index (χ0) is 21.3. The molecule has 2 rings (SSSR count). The van der Waals surface area contributed by atoms with E-state index in [1.165, 1.54) is 25.9 Å². The molecule has 1 saturated heterocycles. The topological polar surface area (TPSA) is 50.8 Å². The average Bonchev–Trinajstić information content (AvgIpc) is 2.66. The largest absolute Gasteiger partial charge is 0.494 e. The Kier molecular flexibility index (Phi) is 9.44. The summed E-state index contributed by atoms with van der Waals surface area (Å²) in [6.07, 6.45) is 4.39. The minimum atomic E-state index is -0.815. The van der Waals surface area contributed by atoms with Gasteiger partial charge in [0.25, 0.3) is 5.91 Å². The molecule has 1 fully saturated rings. The highest BCUT2D eigenvalue weighted by atomic mass is 16.5. The van der Waals surface area contributed by atoms with Crippen LogP contribution in [-0.4, -0.2) is 49.3 Å². The fourth-order valence-corrected chi connectivity index (χ4v) is 4.18. The summed E-state index contributed by atoms with van der Waals surface area (Å²) in [6.45, 7) is 15.1. The van der Waals surface area contributed by atoms with Gasteiger partial charge in [-0.3, -0.25) is 4.79 Å². The summed E-state index contributed by atoms with van der Waals surface area (Å²) in [6, 6.07) is 7.61. The van der Waals surface area contributed by atoms with E-state index in [-0.39, 0.29) is 5.91 Å². The standard InChI is InChI=1S/C24H40N2O3/c1-6-29-24(5,17-19(2)3)23(27)25-21-10-12-22(13-11-21)28-16-8-15-26-14-7-9-20(4)18-26/h10-13,19-20H,6-9,14-18H2,1-5H3,(H,25,27)/t20-,24+/m0/s1. The normalized spacial score (nSPS) is 19.7. The maximum Gasteiger partial charge on any atom is 0.256 e. The minimum absolute atomic E-state index is 0.0996. The summed E-state index contributed by atoms with van der Waals surface area (Å²) in [5, 5.41) is 2.99. The molecule has 1 aliphatic rings. The van der Waals surface area contributed by atoms with Gasteiger partial charge in [-0.25, -0.2) is 0 Å². The third kappa shape index (κ3) is 7.98. The Labute approximate surface area is 177 Å². The van der Waals surface area contributed by atoms with E-state index in [2.05, 4.69) is 31.0 Å². The third-order valence-electron chi connectivity index (χ3n) is 5.48. The van der Waals surface area contributed by atoms with Crippen LogP contribution in [0.15, 0.2) is 24.3 Å². The first kappa shape index (κ1) is 23.7. The van der Waals surface area contributed by atoms with Gasteiger partial charge in [0.1, 0.15) is 11.4 Å². The van der Waals surface area contributed by atoms with Crippen LogP contribution < -0.4 is 10.1 Å². The molecule has 1 amide bonds. The minimum Gasteiger partial charge on any atom is -0.494 e. The molecule has 0 aromatic heterocycles. The highest BCUT2D eigenvalue weighted by Gasteiger charge is 2.34. The van der Waals surface area contributed by atoms with Crippen molar-refractivity contribution in [3.63, 3.8) is 0 Å². The van der Waals surface area contributed by atoms with Crippen molar-refractivity contribution in [3.8, 4) is 5.75 Å². The number of rotatable bonds is 11. The van der Waals surface area contributed by atoms with Crippen LogP contribution in [0.4, 0.5) is 5.69 Å². The molecule has 1 aromatic carbocycles. The van der Waals surface area contributed by atoms with Crippen LogP contribution in [0.5, 0.6) is 5.75 Å². The fourth-order valence-electron chi connectivity index (χ4n) is 4.18. The second-order valence-corrected chi connectivity index (χ2v) is 8.99. The lowest BCUT2D eigenvalue weighted by Crippen LogP contribution is -2.43. The molecule has 1 aromatic rings. The number of anilines is 1. The van der Waals surface area contributed by atoms with Gasteiger partial charge >= 0.3 is 0 Å². The fraction of sp³-hybridized carbons (Fsp3) is 0.708. The molecule has 0 spiro atoms. The first-order valence-corrected chi connectivity index (χ1v) is 11.2. The van der Waals surface area contributed by atoms with Gasteiger partial charge in [0.2, 0.25) is 0 Å². The number of likely N-dealkylation sites (tertiary alicyclic amines) is 1. The number of hydrogen-bond acceptors (Lipinski definition) is 4. The van der Waals surface area contributed by atoms with E-state index in [4.69, 9.17) is 9.47 Å². The van der Waals surface area contributed by atoms with Gasteiger partial charge in [-0.15, -0.1) is 0 Å². The summed E-state index contributed by atoms with van der Waals surface area (Å²) in [7, 11) is 0. The van der Waals surface area contributed by atoms with Gasteiger partial charge in [-0.2, -0.15) is 0 Å². The Bertz CT molecular complexity index is 617. The predicted molar refractivity (Wildman–Crippen MR) is 120 cm³/mol. The lowest BCUT2D eigenvalue weighted by Gasteiger charge is -2.30. The van der Waals surface area contributed by atoms with Crippen LogP contribution in [0.2, 0.25) is 0 Å². The van der Waals surface area contributed by atoms with E-state index in [1.54, 1.807) is 0 Å². The van der Waals surface area contributed by atoms with Gasteiger partial charge in [0, 0.05) is 25.4 Å². The van der Waals surface area contributed by atoms with Crippen molar-refractivity contribution in [2.24, 2.45) is 11.8 Å². The van der Waals surface area contributed by atoms with Crippen LogP contribution in [0, 0.1) is 11.8 Å². The Hall–Kier alpha value is -1.59. The zero-order valence-corrected chi connectivity index (χ0v) is 19.0. The van der Waals surface area contributed by atoms with Crippen LogP contribution in [-0.2, 0) is 9.53 Å². The molecule has 1 N–H and O–H groups in total. The van der Waals surface area contributed by atoms with Crippen molar-refractivity contribution >= 4 is 11.6 Å². The molecule has 5 heteroatoms. The zero-order valence-electron chi connectivity index (χ0n) is 19.0. The molecule has 0 unspecified atom stereocenters. The predicted octanol–water partition coefficient (Wildman–Crippen LogP) is 4.97. The molecule has 0 aliphatic carbocycles. The number of nitrogens with zero attached hydrogens (tertiary/aromatic N) is 1. The second-order valence-electron chi connectivity index (χ2n) is 8.99. The van der Waals surface area contributed by atoms with Crippen LogP contribution in [0.3, 0.4) is 0 Å². The number of amides is 1. The lowest BCUT2D eigenvalue weighted by molar-refractivity contribution is -0.140. The molecule has 0 saturated carbocycles. The molecule has 0 bridgehead atoms. The summed E-state index contributed by atoms with van der Waals surface area (Å²) >= 11 is 0. The van der Waals surface area contributed by atoms with Crippen molar-refractivity contribution < 1.29 is 14.3 Å². The van der Waals surface area contributed by atoms with Gasteiger partial charge in [-0.1, -0.05) is 20.8 Å². The van der Waals surface area contributed by atoms with Crippen molar-refractivity contribution in [3.05, 3.63) is 24.3 Å². The summed E-state index contributed by atoms with van der Waals surface area (Å²) < 4.78 is 11.7. The van der Waals surface area contributed by atoms with Gasteiger partial charge < -0.3 is 19.7 Å². The molecule has 2 atom stereocenters. The SMILES string of the molecule is CCO[C@](C)(CC(C)C)C(=O)Nc1ccc(OCCCN2CCC[C@H](C)C2)cc1. The first-order chi connectivity index (χ1) is 13.8. The van der Waals surface area contributed by atoms with Gasteiger partial charge in [0.05, 0.1) is 6.61 Å².